The predicted octanol–water partition coefficient (Wildman–Crippen LogP) is 2.00. The number of hydrogen-bond donors (Lipinski definition) is 1. The van der Waals surface area contributed by atoms with Crippen molar-refractivity contribution in [3.05, 3.63) is 0 Å². The molecular formula is C13H28N2O. The lowest BCUT2D eigenvalue weighted by Gasteiger charge is -2.27. The molecule has 0 amide bonds. The summed E-state index contributed by atoms with van der Waals surface area (Å²) in [5.41, 5.74) is 5.90. The summed E-state index contributed by atoms with van der Waals surface area (Å²) in [7, 11) is 2.19. The molecule has 96 valence electrons. The number of ether oxygens (including phenoxy) is 1. The Bertz CT molecular complexity index is 169. The van der Waals surface area contributed by atoms with E-state index in [0.29, 0.717) is 12.1 Å². The van der Waals surface area contributed by atoms with E-state index in [4.69, 9.17) is 10.5 Å². The minimum atomic E-state index is 0.388. The monoisotopic (exact) mass is 228 g/mol. The van der Waals surface area contributed by atoms with Gasteiger partial charge >= 0.3 is 0 Å². The van der Waals surface area contributed by atoms with Gasteiger partial charge in [0.25, 0.3) is 0 Å². The highest BCUT2D eigenvalue weighted by atomic mass is 16.5. The van der Waals surface area contributed by atoms with Gasteiger partial charge in [0.2, 0.25) is 0 Å². The molecule has 0 aliphatic carbocycles. The smallest absolute Gasteiger partial charge is 0.0701 e. The van der Waals surface area contributed by atoms with Gasteiger partial charge in [0, 0.05) is 19.2 Å². The van der Waals surface area contributed by atoms with Crippen LogP contribution in [0.5, 0.6) is 0 Å². The van der Waals surface area contributed by atoms with Crippen molar-refractivity contribution in [3.63, 3.8) is 0 Å². The van der Waals surface area contributed by atoms with E-state index in [-0.39, 0.29) is 0 Å². The molecule has 1 fully saturated rings. The van der Waals surface area contributed by atoms with Crippen molar-refractivity contribution in [2.75, 3.05) is 26.7 Å². The van der Waals surface area contributed by atoms with Crippen LogP contribution in [0.1, 0.15) is 45.4 Å². The molecule has 0 bridgehead atoms. The highest BCUT2D eigenvalue weighted by molar-refractivity contribution is 4.68. The third kappa shape index (κ3) is 5.83. The summed E-state index contributed by atoms with van der Waals surface area (Å²) in [6.45, 7) is 5.35. The van der Waals surface area contributed by atoms with Gasteiger partial charge in [-0.1, -0.05) is 6.92 Å². The summed E-state index contributed by atoms with van der Waals surface area (Å²) >= 11 is 0. The van der Waals surface area contributed by atoms with Gasteiger partial charge in [0.05, 0.1) is 6.10 Å². The van der Waals surface area contributed by atoms with Crippen LogP contribution in [0.15, 0.2) is 0 Å². The van der Waals surface area contributed by atoms with Gasteiger partial charge in [-0.05, 0) is 52.1 Å². The maximum absolute atomic E-state index is 5.90. The quantitative estimate of drug-likeness (QED) is 0.724. The van der Waals surface area contributed by atoms with Crippen molar-refractivity contribution in [3.8, 4) is 0 Å². The van der Waals surface area contributed by atoms with Crippen LogP contribution in [0.25, 0.3) is 0 Å². The van der Waals surface area contributed by atoms with E-state index in [0.717, 1.165) is 32.5 Å². The molecule has 2 N–H and O–H groups in total. The van der Waals surface area contributed by atoms with Gasteiger partial charge in [0.1, 0.15) is 0 Å². The van der Waals surface area contributed by atoms with E-state index in [9.17, 15) is 0 Å². The largest absolute Gasteiger partial charge is 0.377 e. The molecule has 0 aromatic carbocycles. The molecule has 1 aliphatic rings. The van der Waals surface area contributed by atoms with E-state index in [1.54, 1.807) is 0 Å². The zero-order chi connectivity index (χ0) is 11.8. The first-order valence-corrected chi connectivity index (χ1v) is 6.78. The van der Waals surface area contributed by atoms with E-state index in [2.05, 4.69) is 18.9 Å². The second kappa shape index (κ2) is 8.04. The fourth-order valence-corrected chi connectivity index (χ4v) is 2.22. The summed E-state index contributed by atoms with van der Waals surface area (Å²) < 4.78 is 5.73. The Kier molecular flexibility index (Phi) is 7.01. The van der Waals surface area contributed by atoms with Crippen LogP contribution in [0.2, 0.25) is 0 Å². The molecule has 0 spiro atoms. The van der Waals surface area contributed by atoms with Crippen LogP contribution in [-0.2, 0) is 4.74 Å². The standard InChI is InChI=1S/C13H28N2O/c1-3-12(14)7-6-9-15(2)11-13-8-4-5-10-16-13/h12-13H,3-11,14H2,1-2H3. The first-order valence-electron chi connectivity index (χ1n) is 6.78. The van der Waals surface area contributed by atoms with Crippen molar-refractivity contribution in [1.29, 1.82) is 0 Å². The van der Waals surface area contributed by atoms with Crippen LogP contribution in [0, 0.1) is 0 Å². The minimum absolute atomic E-state index is 0.388. The topological polar surface area (TPSA) is 38.5 Å². The molecular weight excluding hydrogens is 200 g/mol. The van der Waals surface area contributed by atoms with Crippen LogP contribution in [0.4, 0.5) is 0 Å². The normalized spacial score (nSPS) is 23.6. The Balaban J connectivity index is 2.03. The average molecular weight is 228 g/mol. The number of nitrogens with zero attached hydrogens (tertiary/aromatic N) is 1. The summed E-state index contributed by atoms with van der Waals surface area (Å²) in [6, 6.07) is 0.388. The summed E-state index contributed by atoms with van der Waals surface area (Å²) in [5, 5.41) is 0. The number of hydrogen-bond acceptors (Lipinski definition) is 3. The number of rotatable bonds is 7. The Morgan fingerprint density at radius 2 is 2.25 bits per heavy atom. The lowest BCUT2D eigenvalue weighted by atomic mass is 10.1. The fourth-order valence-electron chi connectivity index (χ4n) is 2.22. The first-order chi connectivity index (χ1) is 7.72. The van der Waals surface area contributed by atoms with E-state index in [1.807, 2.05) is 0 Å². The molecule has 1 heterocycles. The Morgan fingerprint density at radius 1 is 1.44 bits per heavy atom. The molecule has 0 aromatic rings. The highest BCUT2D eigenvalue weighted by Gasteiger charge is 2.15. The predicted molar refractivity (Wildman–Crippen MR) is 68.6 cm³/mol. The van der Waals surface area contributed by atoms with E-state index >= 15 is 0 Å². The Labute approximate surface area is 100 Å². The third-order valence-corrected chi connectivity index (χ3v) is 3.43. The molecule has 3 heteroatoms. The second-order valence-electron chi connectivity index (χ2n) is 5.06. The molecule has 0 saturated carbocycles. The zero-order valence-electron chi connectivity index (χ0n) is 11.0. The van der Waals surface area contributed by atoms with Crippen molar-refractivity contribution in [2.45, 2.75) is 57.6 Å². The van der Waals surface area contributed by atoms with Gasteiger partial charge in [-0.2, -0.15) is 0 Å². The van der Waals surface area contributed by atoms with E-state index in [1.165, 1.54) is 25.7 Å². The first kappa shape index (κ1) is 13.9. The Morgan fingerprint density at radius 3 is 2.88 bits per heavy atom. The molecule has 1 rings (SSSR count). The molecule has 3 nitrogen and oxygen atoms in total. The van der Waals surface area contributed by atoms with E-state index < -0.39 is 0 Å². The average Bonchev–Trinajstić information content (AvgIpc) is 2.30. The molecule has 1 aliphatic heterocycles. The maximum Gasteiger partial charge on any atom is 0.0701 e. The summed E-state index contributed by atoms with van der Waals surface area (Å²) in [6.07, 6.45) is 7.72. The zero-order valence-corrected chi connectivity index (χ0v) is 11.0. The van der Waals surface area contributed by atoms with Crippen molar-refractivity contribution in [2.24, 2.45) is 5.73 Å². The van der Waals surface area contributed by atoms with Gasteiger partial charge < -0.3 is 15.4 Å². The maximum atomic E-state index is 5.90. The summed E-state index contributed by atoms with van der Waals surface area (Å²) in [4.78, 5) is 2.39. The molecule has 16 heavy (non-hydrogen) atoms. The molecule has 2 atom stereocenters. The summed E-state index contributed by atoms with van der Waals surface area (Å²) in [5.74, 6) is 0. The molecule has 1 saturated heterocycles. The van der Waals surface area contributed by atoms with Crippen LogP contribution >= 0.6 is 0 Å². The second-order valence-corrected chi connectivity index (χ2v) is 5.06. The van der Waals surface area contributed by atoms with Crippen molar-refractivity contribution < 1.29 is 4.74 Å². The van der Waals surface area contributed by atoms with Crippen LogP contribution in [0.3, 0.4) is 0 Å². The Hall–Kier alpha value is -0.120. The van der Waals surface area contributed by atoms with Crippen LogP contribution in [-0.4, -0.2) is 43.8 Å². The van der Waals surface area contributed by atoms with Gasteiger partial charge in [-0.3, -0.25) is 0 Å². The van der Waals surface area contributed by atoms with Gasteiger partial charge in [0.15, 0.2) is 0 Å². The molecule has 0 radical (unpaired) electrons. The molecule has 2 unspecified atom stereocenters. The lowest BCUT2D eigenvalue weighted by molar-refractivity contribution is -0.00164. The van der Waals surface area contributed by atoms with Crippen LogP contribution < -0.4 is 5.73 Å². The lowest BCUT2D eigenvalue weighted by Crippen LogP contribution is -2.34. The highest BCUT2D eigenvalue weighted by Crippen LogP contribution is 2.13. The SMILES string of the molecule is CCC(N)CCCN(C)CC1CCCCO1. The third-order valence-electron chi connectivity index (χ3n) is 3.43. The van der Waals surface area contributed by atoms with Crippen molar-refractivity contribution >= 4 is 0 Å². The van der Waals surface area contributed by atoms with Gasteiger partial charge in [-0.15, -0.1) is 0 Å². The number of likely N-dealkylation sites (N-methyl/N-ethyl adjacent to an activating group) is 1. The molecule has 0 aromatic heterocycles. The minimum Gasteiger partial charge on any atom is -0.377 e. The van der Waals surface area contributed by atoms with Crippen molar-refractivity contribution in [1.82, 2.24) is 4.90 Å². The number of nitrogens with two attached hydrogens (primary N) is 1. The fraction of sp³-hybridized carbons (Fsp3) is 1.00. The van der Waals surface area contributed by atoms with Gasteiger partial charge in [-0.25, -0.2) is 0 Å².